The van der Waals surface area contributed by atoms with Crippen LogP contribution in [0.15, 0.2) is 114 Å². The van der Waals surface area contributed by atoms with Crippen molar-refractivity contribution in [1.82, 2.24) is 0 Å². The Bertz CT molecular complexity index is 1630. The first-order chi connectivity index (χ1) is 22.3. The van der Waals surface area contributed by atoms with Gasteiger partial charge >= 0.3 is 5.97 Å². The summed E-state index contributed by atoms with van der Waals surface area (Å²) >= 11 is 0. The molecule has 0 bridgehead atoms. The van der Waals surface area contributed by atoms with Gasteiger partial charge in [-0.25, -0.2) is 0 Å². The molecule has 6 rings (SSSR count). The minimum absolute atomic E-state index is 0.166. The van der Waals surface area contributed by atoms with Crippen molar-refractivity contribution in [2.24, 2.45) is 22.9 Å². The molecule has 0 amide bonds. The second kappa shape index (κ2) is 13.4. The number of hydrogen-bond donors (Lipinski definition) is 0. The van der Waals surface area contributed by atoms with E-state index in [1.807, 2.05) is 83.9 Å². The lowest BCUT2D eigenvalue weighted by molar-refractivity contribution is -0.159. The first-order valence-electron chi connectivity index (χ1n) is 16.3. The van der Waals surface area contributed by atoms with E-state index in [9.17, 15) is 4.79 Å². The summed E-state index contributed by atoms with van der Waals surface area (Å²) in [6.07, 6.45) is 2.74. The van der Waals surface area contributed by atoms with Gasteiger partial charge in [-0.2, -0.15) is 5.10 Å². The molecule has 1 saturated carbocycles. The molecular weight excluding hydrogens is 572 g/mol. The zero-order chi connectivity index (χ0) is 32.3. The predicted octanol–water partition coefficient (Wildman–Crippen LogP) is 8.61. The normalized spacial score (nSPS) is 23.0. The summed E-state index contributed by atoms with van der Waals surface area (Å²) in [7, 11) is 3.31. The van der Waals surface area contributed by atoms with Gasteiger partial charge in [0, 0.05) is 5.92 Å². The predicted molar refractivity (Wildman–Crippen MR) is 184 cm³/mol. The number of carbonyl (C=O) groups excluding carboxylic acids is 1. The second-order valence-electron chi connectivity index (χ2n) is 13.2. The van der Waals surface area contributed by atoms with E-state index in [2.05, 4.69) is 51.1 Å². The van der Waals surface area contributed by atoms with Gasteiger partial charge in [-0.3, -0.25) is 9.80 Å². The van der Waals surface area contributed by atoms with Crippen molar-refractivity contribution in [3.05, 3.63) is 126 Å². The molecule has 1 aliphatic heterocycles. The van der Waals surface area contributed by atoms with Crippen LogP contribution in [0.3, 0.4) is 0 Å². The lowest BCUT2D eigenvalue weighted by Gasteiger charge is -2.44. The zero-order valence-electron chi connectivity index (χ0n) is 27.4. The first kappa shape index (κ1) is 31.4. The Morgan fingerprint density at radius 1 is 0.783 bits per heavy atom. The minimum atomic E-state index is -0.667. The van der Waals surface area contributed by atoms with Crippen LogP contribution in [0.25, 0.3) is 0 Å². The molecule has 6 nitrogen and oxygen atoms in total. The smallest absolute Gasteiger partial charge is 0.317 e. The first-order valence-corrected chi connectivity index (χ1v) is 16.3. The maximum Gasteiger partial charge on any atom is 0.317 e. The van der Waals surface area contributed by atoms with Crippen LogP contribution >= 0.6 is 0 Å². The van der Waals surface area contributed by atoms with Gasteiger partial charge in [-0.1, -0.05) is 87.9 Å². The quantitative estimate of drug-likeness (QED) is 0.176. The Morgan fingerprint density at radius 3 is 1.98 bits per heavy atom. The topological polar surface area (TPSA) is 60.4 Å². The number of para-hydroxylation sites is 1. The largest absolute Gasteiger partial charge is 0.497 e. The van der Waals surface area contributed by atoms with E-state index >= 15 is 0 Å². The third kappa shape index (κ3) is 6.26. The number of hydrazone groups is 1. The summed E-state index contributed by atoms with van der Waals surface area (Å²) in [5.74, 6) is 1.24. The molecule has 46 heavy (non-hydrogen) atoms. The Morgan fingerprint density at radius 2 is 1.37 bits per heavy atom. The van der Waals surface area contributed by atoms with Gasteiger partial charge in [-0.05, 0) is 89.4 Å². The van der Waals surface area contributed by atoms with Gasteiger partial charge in [0.15, 0.2) is 0 Å². The molecule has 4 aromatic carbocycles. The fourth-order valence-electron chi connectivity index (χ4n) is 7.29. The third-order valence-corrected chi connectivity index (χ3v) is 9.97. The average Bonchev–Trinajstić information content (AvgIpc) is 3.50. The van der Waals surface area contributed by atoms with E-state index in [-0.39, 0.29) is 23.4 Å². The van der Waals surface area contributed by atoms with Crippen LogP contribution in [-0.2, 0) is 14.9 Å². The number of anilines is 1. The summed E-state index contributed by atoms with van der Waals surface area (Å²) in [6.45, 7) is 6.85. The highest BCUT2D eigenvalue weighted by Crippen LogP contribution is 2.46. The highest BCUT2D eigenvalue weighted by molar-refractivity contribution is 6.14. The molecule has 0 radical (unpaired) electrons. The number of ether oxygens (including phenoxy) is 3. The minimum Gasteiger partial charge on any atom is -0.497 e. The van der Waals surface area contributed by atoms with Gasteiger partial charge < -0.3 is 14.2 Å². The van der Waals surface area contributed by atoms with Crippen LogP contribution in [0.2, 0.25) is 0 Å². The molecule has 0 N–H and O–H groups in total. The van der Waals surface area contributed by atoms with E-state index < -0.39 is 12.0 Å². The van der Waals surface area contributed by atoms with Gasteiger partial charge in [0.05, 0.1) is 31.7 Å². The molecule has 1 aliphatic carbocycles. The number of rotatable bonds is 9. The molecule has 0 unspecified atom stereocenters. The number of nitrogens with zero attached hydrogens (tertiary/aromatic N) is 2. The number of benzene rings is 4. The molecule has 0 saturated heterocycles. The molecule has 0 aromatic heterocycles. The molecule has 238 valence electrons. The number of hydrogen-bond acceptors (Lipinski definition) is 6. The Labute approximate surface area is 273 Å². The molecule has 4 aromatic rings. The second-order valence-corrected chi connectivity index (χ2v) is 13.2. The van der Waals surface area contributed by atoms with Gasteiger partial charge in [0.25, 0.3) is 0 Å². The van der Waals surface area contributed by atoms with Crippen LogP contribution in [0.5, 0.6) is 11.5 Å². The van der Waals surface area contributed by atoms with E-state index in [4.69, 9.17) is 19.3 Å². The highest BCUT2D eigenvalue weighted by Gasteiger charge is 2.48. The summed E-state index contributed by atoms with van der Waals surface area (Å²) in [4.78, 5) is 14.8. The fourth-order valence-corrected chi connectivity index (χ4v) is 7.29. The number of methoxy groups -OCH3 is 2. The van der Waals surface area contributed by atoms with E-state index in [0.717, 1.165) is 47.6 Å². The van der Waals surface area contributed by atoms with Crippen LogP contribution in [0, 0.1) is 17.8 Å². The summed E-state index contributed by atoms with van der Waals surface area (Å²) in [6, 6.07) is 35.9. The molecular formula is C40H44N2O4. The molecule has 6 heteroatoms. The van der Waals surface area contributed by atoms with Crippen molar-refractivity contribution in [1.29, 1.82) is 0 Å². The molecule has 0 spiro atoms. The van der Waals surface area contributed by atoms with Gasteiger partial charge in [-0.15, -0.1) is 0 Å². The van der Waals surface area contributed by atoms with Crippen molar-refractivity contribution in [2.75, 3.05) is 19.2 Å². The zero-order valence-corrected chi connectivity index (χ0v) is 27.4. The van der Waals surface area contributed by atoms with Crippen LogP contribution < -0.4 is 14.5 Å². The third-order valence-electron chi connectivity index (χ3n) is 9.97. The van der Waals surface area contributed by atoms with Crippen LogP contribution in [0.1, 0.15) is 62.8 Å². The molecule has 1 fully saturated rings. The van der Waals surface area contributed by atoms with E-state index in [1.165, 1.54) is 5.56 Å². The highest BCUT2D eigenvalue weighted by atomic mass is 16.5. The standard InChI is InChI=1S/C40H44N2O4/c1-27-16-25-34(40(2,3)30-12-8-6-9-13-30)35(26-27)46-39(43)36-37(28-17-21-32(44-4)22-18-28)41-42(31-14-10-7-11-15-31)38(36)29-19-23-33(45-5)24-20-29/h6-15,17-24,27,34-36,38H,16,25-26H2,1-5H3/t27-,34-,35-,36-,38+/m1/s1. The maximum atomic E-state index is 14.8. The van der Waals surface area contributed by atoms with E-state index in [1.54, 1.807) is 14.2 Å². The number of esters is 1. The maximum absolute atomic E-state index is 14.8. The SMILES string of the molecule is COc1ccc(C2=NN(c3ccccc3)[C@@H](c3ccc(OC)cc3)[C@@H]2C(=O)O[C@@H]2C[C@H](C)CC[C@H]2C(C)(C)c2ccccc2)cc1. The summed E-state index contributed by atoms with van der Waals surface area (Å²) in [5.41, 5.74) is 4.50. The van der Waals surface area contributed by atoms with Crippen molar-refractivity contribution in [3.63, 3.8) is 0 Å². The van der Waals surface area contributed by atoms with Crippen molar-refractivity contribution in [3.8, 4) is 11.5 Å². The summed E-state index contributed by atoms with van der Waals surface area (Å²) in [5, 5.41) is 7.16. The van der Waals surface area contributed by atoms with Crippen LogP contribution in [0.4, 0.5) is 5.69 Å². The van der Waals surface area contributed by atoms with Crippen LogP contribution in [-0.4, -0.2) is 32.0 Å². The Hall–Kier alpha value is -4.58. The Kier molecular flexibility index (Phi) is 9.16. The Balaban J connectivity index is 1.42. The monoisotopic (exact) mass is 616 g/mol. The lowest BCUT2D eigenvalue weighted by atomic mass is 9.64. The molecule has 5 atom stereocenters. The molecule has 2 aliphatic rings. The van der Waals surface area contributed by atoms with Crippen molar-refractivity contribution < 1.29 is 19.0 Å². The van der Waals surface area contributed by atoms with Crippen molar-refractivity contribution >= 4 is 17.4 Å². The van der Waals surface area contributed by atoms with Gasteiger partial charge in [0.2, 0.25) is 0 Å². The number of carbonyl (C=O) groups is 1. The fraction of sp³-hybridized carbons (Fsp3) is 0.350. The lowest BCUT2D eigenvalue weighted by Crippen LogP contribution is -2.45. The average molecular weight is 617 g/mol. The summed E-state index contributed by atoms with van der Waals surface area (Å²) < 4.78 is 17.7. The molecule has 1 heterocycles. The van der Waals surface area contributed by atoms with Gasteiger partial charge in [0.1, 0.15) is 23.5 Å². The van der Waals surface area contributed by atoms with Crippen molar-refractivity contribution in [2.45, 2.75) is 57.6 Å². The van der Waals surface area contributed by atoms with E-state index in [0.29, 0.717) is 11.6 Å².